The quantitative estimate of drug-likeness (QED) is 0.260. The first-order chi connectivity index (χ1) is 16.6. The van der Waals surface area contributed by atoms with Crippen LogP contribution in [0.5, 0.6) is 11.5 Å². The Balaban J connectivity index is 2.03. The Morgan fingerprint density at radius 3 is 2.23 bits per heavy atom. The van der Waals surface area contributed by atoms with E-state index in [9.17, 15) is 28.2 Å². The van der Waals surface area contributed by atoms with Crippen LogP contribution in [0.4, 0.5) is 13.2 Å². The van der Waals surface area contributed by atoms with Gasteiger partial charge in [0, 0.05) is 5.56 Å². The smallest absolute Gasteiger partial charge is 0.416 e. The van der Waals surface area contributed by atoms with E-state index in [1.807, 2.05) is 50.3 Å². The number of allylic oxidation sites excluding steroid dienone is 2. The molecule has 0 radical (unpaired) electrons. The van der Waals surface area contributed by atoms with Gasteiger partial charge in [0.25, 0.3) is 0 Å². The van der Waals surface area contributed by atoms with E-state index >= 15 is 0 Å². The molecule has 0 atom stereocenters. The molecule has 0 aromatic heterocycles. The maximum absolute atomic E-state index is 12.8. The Hall–Kier alpha value is -4.00. The van der Waals surface area contributed by atoms with Gasteiger partial charge in [-0.15, -0.1) is 0 Å². The molecule has 3 rings (SSSR count). The predicted molar refractivity (Wildman–Crippen MR) is 129 cm³/mol. The Bertz CT molecular complexity index is 1240. The highest BCUT2D eigenvalue weighted by atomic mass is 19.4. The third-order valence-corrected chi connectivity index (χ3v) is 5.25. The van der Waals surface area contributed by atoms with Gasteiger partial charge >= 0.3 is 12.1 Å². The van der Waals surface area contributed by atoms with Crippen molar-refractivity contribution in [3.63, 3.8) is 0 Å². The van der Waals surface area contributed by atoms with Crippen molar-refractivity contribution in [3.8, 4) is 11.5 Å². The molecule has 0 bridgehead atoms. The SMILES string of the molecule is CC(C)=CCc1c(OCc2ccccc2)cc(C=Cc2ccc(C(F)(F)F)cc2)c(C(=O)O)c1O. The van der Waals surface area contributed by atoms with Crippen molar-refractivity contribution in [2.75, 3.05) is 0 Å². The zero-order valence-electron chi connectivity index (χ0n) is 19.3. The van der Waals surface area contributed by atoms with Gasteiger partial charge in [-0.1, -0.05) is 66.3 Å². The number of phenols is 1. The highest BCUT2D eigenvalue weighted by molar-refractivity contribution is 5.97. The van der Waals surface area contributed by atoms with Crippen LogP contribution in [0.2, 0.25) is 0 Å². The number of halogens is 3. The van der Waals surface area contributed by atoms with Crippen molar-refractivity contribution in [3.05, 3.63) is 106 Å². The van der Waals surface area contributed by atoms with Crippen LogP contribution in [0.3, 0.4) is 0 Å². The van der Waals surface area contributed by atoms with Gasteiger partial charge in [-0.3, -0.25) is 0 Å². The molecule has 3 aromatic rings. The van der Waals surface area contributed by atoms with Crippen molar-refractivity contribution in [2.45, 2.75) is 33.1 Å². The third-order valence-electron chi connectivity index (χ3n) is 5.25. The molecule has 0 heterocycles. The summed E-state index contributed by atoms with van der Waals surface area (Å²) in [6.45, 7) is 3.98. The second-order valence-corrected chi connectivity index (χ2v) is 8.18. The van der Waals surface area contributed by atoms with Gasteiger partial charge in [0.15, 0.2) is 0 Å². The van der Waals surface area contributed by atoms with Gasteiger partial charge < -0.3 is 14.9 Å². The fourth-order valence-electron chi connectivity index (χ4n) is 3.40. The molecule has 2 N–H and O–H groups in total. The normalized spacial score (nSPS) is 11.5. The molecule has 3 aromatic carbocycles. The number of aromatic carboxylic acids is 1. The summed E-state index contributed by atoms with van der Waals surface area (Å²) in [5.74, 6) is -1.42. The lowest BCUT2D eigenvalue weighted by molar-refractivity contribution is -0.137. The average Bonchev–Trinajstić information content (AvgIpc) is 2.80. The highest BCUT2D eigenvalue weighted by Gasteiger charge is 2.29. The summed E-state index contributed by atoms with van der Waals surface area (Å²) in [6.07, 6.45) is 0.593. The predicted octanol–water partition coefficient (Wildman–Crippen LogP) is 7.37. The van der Waals surface area contributed by atoms with E-state index in [2.05, 4.69) is 0 Å². The van der Waals surface area contributed by atoms with Gasteiger partial charge in [-0.05, 0) is 55.2 Å². The van der Waals surface area contributed by atoms with Crippen molar-refractivity contribution in [2.24, 2.45) is 0 Å². The summed E-state index contributed by atoms with van der Waals surface area (Å²) in [5, 5.41) is 20.7. The second-order valence-electron chi connectivity index (χ2n) is 8.18. The zero-order valence-corrected chi connectivity index (χ0v) is 19.3. The van der Waals surface area contributed by atoms with Crippen LogP contribution < -0.4 is 4.74 Å². The molecular weight excluding hydrogens is 457 g/mol. The number of rotatable bonds is 8. The Morgan fingerprint density at radius 2 is 1.66 bits per heavy atom. The molecule has 182 valence electrons. The van der Waals surface area contributed by atoms with Crippen LogP contribution >= 0.6 is 0 Å². The van der Waals surface area contributed by atoms with Gasteiger partial charge in [-0.25, -0.2) is 4.79 Å². The summed E-state index contributed by atoms with van der Waals surface area (Å²) < 4.78 is 44.4. The second kappa shape index (κ2) is 11.0. The Morgan fingerprint density at radius 1 is 1.00 bits per heavy atom. The molecule has 4 nitrogen and oxygen atoms in total. The van der Waals surface area contributed by atoms with Gasteiger partial charge in [0.2, 0.25) is 0 Å². The minimum Gasteiger partial charge on any atom is -0.507 e. The molecule has 0 spiro atoms. The summed E-state index contributed by atoms with van der Waals surface area (Å²) in [6, 6.07) is 15.4. The first kappa shape index (κ1) is 25.6. The molecule has 0 fully saturated rings. The number of carboxylic acid groups (broad SMARTS) is 1. The lowest BCUT2D eigenvalue weighted by Crippen LogP contribution is -2.06. The van der Waals surface area contributed by atoms with Crippen LogP contribution in [0.1, 0.15) is 52.0 Å². The van der Waals surface area contributed by atoms with Crippen molar-refractivity contribution in [1.82, 2.24) is 0 Å². The van der Waals surface area contributed by atoms with Crippen LogP contribution in [-0.4, -0.2) is 16.2 Å². The van der Waals surface area contributed by atoms with E-state index in [-0.39, 0.29) is 24.2 Å². The maximum atomic E-state index is 12.8. The lowest BCUT2D eigenvalue weighted by atomic mass is 9.97. The van der Waals surface area contributed by atoms with Crippen molar-refractivity contribution in [1.29, 1.82) is 0 Å². The summed E-state index contributed by atoms with van der Waals surface area (Å²) in [5.41, 5.74) is 1.74. The molecule has 0 aliphatic carbocycles. The Labute approximate surface area is 201 Å². The fraction of sp³-hybridized carbons (Fsp3) is 0.179. The van der Waals surface area contributed by atoms with E-state index in [0.29, 0.717) is 16.9 Å². The fourth-order valence-corrected chi connectivity index (χ4v) is 3.40. The number of hydrogen-bond acceptors (Lipinski definition) is 3. The molecule has 0 amide bonds. The van der Waals surface area contributed by atoms with Crippen LogP contribution in [-0.2, 0) is 19.2 Å². The van der Waals surface area contributed by atoms with Crippen LogP contribution in [0, 0.1) is 0 Å². The van der Waals surface area contributed by atoms with E-state index in [0.717, 1.165) is 23.3 Å². The summed E-state index contributed by atoms with van der Waals surface area (Å²) in [4.78, 5) is 12.0. The number of aromatic hydroxyl groups is 1. The van der Waals surface area contributed by atoms with E-state index in [1.165, 1.54) is 30.4 Å². The monoisotopic (exact) mass is 482 g/mol. The Kier molecular flexibility index (Phi) is 8.02. The van der Waals surface area contributed by atoms with Crippen LogP contribution in [0.15, 0.2) is 72.3 Å². The van der Waals surface area contributed by atoms with Gasteiger partial charge in [0.05, 0.1) is 5.56 Å². The number of carboxylic acids is 1. The van der Waals surface area contributed by atoms with E-state index < -0.39 is 23.5 Å². The number of benzene rings is 3. The largest absolute Gasteiger partial charge is 0.507 e. The third kappa shape index (κ3) is 6.76. The molecule has 0 saturated heterocycles. The van der Waals surface area contributed by atoms with Gasteiger partial charge in [0.1, 0.15) is 23.7 Å². The van der Waals surface area contributed by atoms with E-state index in [4.69, 9.17) is 4.74 Å². The molecule has 0 aliphatic heterocycles. The molecule has 0 saturated carbocycles. The van der Waals surface area contributed by atoms with E-state index in [1.54, 1.807) is 0 Å². The van der Waals surface area contributed by atoms with Crippen molar-refractivity contribution < 1.29 is 32.9 Å². The van der Waals surface area contributed by atoms with Crippen LogP contribution in [0.25, 0.3) is 12.2 Å². The number of carbonyl (C=O) groups is 1. The maximum Gasteiger partial charge on any atom is 0.416 e. The minimum absolute atomic E-state index is 0.166. The molecular formula is C28H25F3O4. The average molecular weight is 482 g/mol. The first-order valence-corrected chi connectivity index (χ1v) is 10.8. The number of ether oxygens (including phenoxy) is 1. The number of alkyl halides is 3. The minimum atomic E-state index is -4.45. The topological polar surface area (TPSA) is 66.8 Å². The summed E-state index contributed by atoms with van der Waals surface area (Å²) in [7, 11) is 0. The standard InChI is InChI=1S/C28H25F3O4/c1-18(2)8-15-23-24(35-17-20-6-4-3-5-7-20)16-21(25(26(23)32)27(33)34)12-9-19-10-13-22(14-11-19)28(29,30)31/h3-14,16,32H,15,17H2,1-2H3,(H,33,34). The molecule has 35 heavy (non-hydrogen) atoms. The highest BCUT2D eigenvalue weighted by Crippen LogP contribution is 2.37. The molecule has 0 aliphatic rings. The summed E-state index contributed by atoms with van der Waals surface area (Å²) >= 11 is 0. The lowest BCUT2D eigenvalue weighted by Gasteiger charge is -2.16. The molecule has 0 unspecified atom stereocenters. The van der Waals surface area contributed by atoms with Gasteiger partial charge in [-0.2, -0.15) is 13.2 Å². The number of hydrogen-bond donors (Lipinski definition) is 2. The zero-order chi connectivity index (χ0) is 25.6. The first-order valence-electron chi connectivity index (χ1n) is 10.8. The van der Waals surface area contributed by atoms with Crippen molar-refractivity contribution >= 4 is 18.1 Å². The molecule has 7 heteroatoms.